The first-order chi connectivity index (χ1) is 9.49. The highest BCUT2D eigenvalue weighted by molar-refractivity contribution is 7.90. The molecule has 1 saturated heterocycles. The molecule has 0 spiro atoms. The third-order valence-electron chi connectivity index (χ3n) is 3.32. The number of nitrogens with two attached hydrogens (primary N) is 1. The zero-order valence-corrected chi connectivity index (χ0v) is 12.7. The number of rotatable bonds is 5. The van der Waals surface area contributed by atoms with Gasteiger partial charge in [-0.2, -0.15) is 0 Å². The van der Waals surface area contributed by atoms with Gasteiger partial charge in [-0.25, -0.2) is 13.1 Å². The van der Waals surface area contributed by atoms with Gasteiger partial charge in [-0.1, -0.05) is 36.5 Å². The van der Waals surface area contributed by atoms with Gasteiger partial charge in [0.25, 0.3) is 0 Å². The summed E-state index contributed by atoms with van der Waals surface area (Å²) < 4.78 is 32.1. The van der Waals surface area contributed by atoms with Crippen molar-refractivity contribution in [3.63, 3.8) is 0 Å². The molecule has 1 heterocycles. The minimum absolute atomic E-state index is 0.275. The average Bonchev–Trinajstić information content (AvgIpc) is 2.46. The van der Waals surface area contributed by atoms with Crippen LogP contribution in [-0.2, 0) is 21.3 Å². The Morgan fingerprint density at radius 1 is 1.30 bits per heavy atom. The van der Waals surface area contributed by atoms with E-state index in [2.05, 4.69) is 4.72 Å². The van der Waals surface area contributed by atoms with E-state index in [4.69, 9.17) is 22.7 Å². The second-order valence-corrected chi connectivity index (χ2v) is 7.22. The Kier molecular flexibility index (Phi) is 5.09. The fourth-order valence-electron chi connectivity index (χ4n) is 2.07. The normalized spacial score (nSPS) is 17.0. The number of sulfonamides is 1. The Hall–Kier alpha value is -1.02. The van der Waals surface area contributed by atoms with Gasteiger partial charge < -0.3 is 10.5 Å². The van der Waals surface area contributed by atoms with Gasteiger partial charge in [-0.15, -0.1) is 0 Å². The van der Waals surface area contributed by atoms with Crippen molar-refractivity contribution in [2.24, 2.45) is 5.73 Å². The van der Waals surface area contributed by atoms with Gasteiger partial charge in [0.15, 0.2) is 0 Å². The molecule has 0 bridgehead atoms. The van der Waals surface area contributed by atoms with E-state index in [0.717, 1.165) is 11.1 Å². The lowest BCUT2D eigenvalue weighted by Gasteiger charge is -2.22. The summed E-state index contributed by atoms with van der Waals surface area (Å²) in [6.07, 6.45) is 1.10. The smallest absolute Gasteiger partial charge is 0.214 e. The van der Waals surface area contributed by atoms with E-state index in [-0.39, 0.29) is 11.8 Å². The average molecular weight is 314 g/mol. The molecule has 1 fully saturated rings. The van der Waals surface area contributed by atoms with Crippen molar-refractivity contribution < 1.29 is 13.2 Å². The Balaban J connectivity index is 1.95. The Bertz CT molecular complexity index is 564. The molecule has 0 amide bonds. The molecule has 0 radical (unpaired) electrons. The lowest BCUT2D eigenvalue weighted by molar-refractivity contribution is 0.0981. The number of benzene rings is 1. The molecular weight excluding hydrogens is 296 g/mol. The van der Waals surface area contributed by atoms with E-state index in [1.807, 2.05) is 12.1 Å². The number of hydrogen-bond donors (Lipinski definition) is 2. The van der Waals surface area contributed by atoms with Crippen LogP contribution < -0.4 is 10.5 Å². The minimum Gasteiger partial charge on any atom is -0.389 e. The van der Waals surface area contributed by atoms with Gasteiger partial charge in [0.1, 0.15) is 4.99 Å². The van der Waals surface area contributed by atoms with Crippen LogP contribution in [0.15, 0.2) is 24.3 Å². The highest BCUT2D eigenvalue weighted by atomic mass is 32.2. The van der Waals surface area contributed by atoms with Gasteiger partial charge >= 0.3 is 0 Å². The van der Waals surface area contributed by atoms with Crippen LogP contribution in [-0.4, -0.2) is 31.9 Å². The second-order valence-electron chi connectivity index (χ2n) is 4.74. The molecule has 1 aromatic carbocycles. The van der Waals surface area contributed by atoms with Crippen molar-refractivity contribution in [2.45, 2.75) is 24.6 Å². The summed E-state index contributed by atoms with van der Waals surface area (Å²) in [4.78, 5) is 0.333. The number of nitrogens with one attached hydrogen (secondary N) is 1. The predicted molar refractivity (Wildman–Crippen MR) is 81.9 cm³/mol. The van der Waals surface area contributed by atoms with E-state index in [0.29, 0.717) is 31.0 Å². The number of thiocarbonyl (C=S) groups is 1. The summed E-state index contributed by atoms with van der Waals surface area (Å²) in [7, 11) is -3.29. The van der Waals surface area contributed by atoms with Gasteiger partial charge in [0.2, 0.25) is 10.0 Å². The molecule has 2 rings (SSSR count). The summed E-state index contributed by atoms with van der Waals surface area (Å²) in [6.45, 7) is 1.29. The molecule has 0 saturated carbocycles. The molecule has 0 unspecified atom stereocenters. The zero-order chi connectivity index (χ0) is 14.6. The molecule has 1 aromatic rings. The third kappa shape index (κ3) is 3.99. The van der Waals surface area contributed by atoms with Crippen LogP contribution in [0, 0.1) is 0 Å². The largest absolute Gasteiger partial charge is 0.389 e. The van der Waals surface area contributed by atoms with Crippen molar-refractivity contribution in [2.75, 3.05) is 13.2 Å². The van der Waals surface area contributed by atoms with Crippen LogP contribution in [0.5, 0.6) is 0 Å². The van der Waals surface area contributed by atoms with Crippen molar-refractivity contribution in [1.82, 2.24) is 4.72 Å². The van der Waals surface area contributed by atoms with Crippen LogP contribution in [0.4, 0.5) is 0 Å². The highest BCUT2D eigenvalue weighted by Crippen LogP contribution is 2.15. The van der Waals surface area contributed by atoms with E-state index in [1.165, 1.54) is 0 Å². The molecular formula is C13H18N2O3S2. The van der Waals surface area contributed by atoms with Crippen molar-refractivity contribution in [3.8, 4) is 0 Å². The van der Waals surface area contributed by atoms with Crippen molar-refractivity contribution >= 4 is 27.2 Å². The van der Waals surface area contributed by atoms with E-state index in [1.54, 1.807) is 12.1 Å². The molecule has 3 N–H and O–H groups in total. The van der Waals surface area contributed by atoms with Gasteiger partial charge in [-0.05, 0) is 18.4 Å². The van der Waals surface area contributed by atoms with Crippen molar-refractivity contribution in [3.05, 3.63) is 35.4 Å². The maximum absolute atomic E-state index is 12.1. The monoisotopic (exact) mass is 314 g/mol. The van der Waals surface area contributed by atoms with Crippen LogP contribution in [0.1, 0.15) is 24.0 Å². The lowest BCUT2D eigenvalue weighted by Crippen LogP contribution is -2.37. The van der Waals surface area contributed by atoms with Gasteiger partial charge in [0, 0.05) is 25.3 Å². The van der Waals surface area contributed by atoms with Crippen LogP contribution in [0.25, 0.3) is 0 Å². The lowest BCUT2D eigenvalue weighted by atomic mass is 10.1. The SMILES string of the molecule is NC(=S)c1ccc(CNS(=O)(=O)C2CCOCC2)cc1. The molecule has 1 aliphatic rings. The molecule has 110 valence electrons. The van der Waals surface area contributed by atoms with E-state index in [9.17, 15) is 8.42 Å². The molecule has 7 heteroatoms. The van der Waals surface area contributed by atoms with Gasteiger partial charge in [0.05, 0.1) is 5.25 Å². The maximum atomic E-state index is 12.1. The highest BCUT2D eigenvalue weighted by Gasteiger charge is 2.27. The van der Waals surface area contributed by atoms with Crippen LogP contribution >= 0.6 is 12.2 Å². The topological polar surface area (TPSA) is 81.4 Å². The fourth-order valence-corrected chi connectivity index (χ4v) is 3.63. The summed E-state index contributed by atoms with van der Waals surface area (Å²) in [5, 5.41) is -0.354. The van der Waals surface area contributed by atoms with Crippen LogP contribution in [0.2, 0.25) is 0 Å². The minimum atomic E-state index is -3.29. The maximum Gasteiger partial charge on any atom is 0.214 e. The standard InChI is InChI=1S/C13H18N2O3S2/c14-13(19)11-3-1-10(2-4-11)9-15-20(16,17)12-5-7-18-8-6-12/h1-4,12,15H,5-9H2,(H2,14,19). The number of hydrogen-bond acceptors (Lipinski definition) is 4. The summed E-state index contributed by atoms with van der Waals surface area (Å²) in [5.74, 6) is 0. The number of ether oxygens (including phenoxy) is 1. The molecule has 1 aliphatic heterocycles. The summed E-state index contributed by atoms with van der Waals surface area (Å²) in [6, 6.07) is 7.23. The molecule has 5 nitrogen and oxygen atoms in total. The van der Waals surface area contributed by atoms with Crippen LogP contribution in [0.3, 0.4) is 0 Å². The molecule has 20 heavy (non-hydrogen) atoms. The molecule has 0 aliphatic carbocycles. The first-order valence-electron chi connectivity index (χ1n) is 6.44. The molecule has 0 atom stereocenters. The van der Waals surface area contributed by atoms with E-state index >= 15 is 0 Å². The van der Waals surface area contributed by atoms with Gasteiger partial charge in [-0.3, -0.25) is 0 Å². The molecule has 0 aromatic heterocycles. The fraction of sp³-hybridized carbons (Fsp3) is 0.462. The Morgan fingerprint density at radius 2 is 1.90 bits per heavy atom. The zero-order valence-electron chi connectivity index (χ0n) is 11.0. The van der Waals surface area contributed by atoms with Crippen molar-refractivity contribution in [1.29, 1.82) is 0 Å². The summed E-state index contributed by atoms with van der Waals surface area (Å²) >= 11 is 4.87. The Labute approximate surface area is 124 Å². The predicted octanol–water partition coefficient (Wildman–Crippen LogP) is 0.919. The second kappa shape index (κ2) is 6.62. The quantitative estimate of drug-likeness (QED) is 0.790. The first kappa shape index (κ1) is 15.4. The van der Waals surface area contributed by atoms with E-state index < -0.39 is 10.0 Å². The Morgan fingerprint density at radius 3 is 2.45 bits per heavy atom. The third-order valence-corrected chi connectivity index (χ3v) is 5.45. The first-order valence-corrected chi connectivity index (χ1v) is 8.39. The summed E-state index contributed by atoms with van der Waals surface area (Å²) in [5.41, 5.74) is 7.16.